The number of nitrogens with one attached hydrogen (secondary N) is 1. The zero-order valence-electron chi connectivity index (χ0n) is 18.9. The van der Waals surface area contributed by atoms with Gasteiger partial charge < -0.3 is 20.3 Å². The fraction of sp³-hybridized carbons (Fsp3) is 0.714. The Hall–Kier alpha value is -2.50. The lowest BCUT2D eigenvalue weighted by molar-refractivity contribution is -0.137. The number of carbonyl (C=O) groups excluding carboxylic acids is 1. The number of unbranched alkanes of at least 4 members (excludes halogenated alkanes) is 4. The number of nitrogens with zero attached hydrogens (tertiary/aromatic N) is 4. The van der Waals surface area contributed by atoms with E-state index in [1.54, 1.807) is 0 Å². The molecule has 3 rings (SSSR count). The first-order chi connectivity index (χ1) is 15.4. The molecule has 1 aliphatic heterocycles. The van der Waals surface area contributed by atoms with Crippen LogP contribution in [-0.4, -0.2) is 60.2 Å². The summed E-state index contributed by atoms with van der Waals surface area (Å²) in [5.41, 5.74) is -0.627. The highest BCUT2D eigenvalue weighted by Crippen LogP contribution is 2.31. The van der Waals surface area contributed by atoms with Crippen molar-refractivity contribution in [1.29, 1.82) is 0 Å². The fourth-order valence-corrected chi connectivity index (χ4v) is 4.09. The van der Waals surface area contributed by atoms with Crippen LogP contribution in [0.1, 0.15) is 58.6 Å². The number of fused-ring (bicyclic) bond motifs is 1. The molecule has 1 aliphatic rings. The van der Waals surface area contributed by atoms with Gasteiger partial charge in [0, 0.05) is 20.1 Å². The van der Waals surface area contributed by atoms with E-state index in [1.807, 2.05) is 6.92 Å². The summed E-state index contributed by atoms with van der Waals surface area (Å²) >= 11 is 0. The summed E-state index contributed by atoms with van der Waals surface area (Å²) in [5, 5.41) is 23.2. The number of carbonyl (C=O) groups is 1. The highest BCUT2D eigenvalue weighted by atomic mass is 16.6. The summed E-state index contributed by atoms with van der Waals surface area (Å²) < 4.78 is 9.64. The molecule has 11 heteroatoms. The first-order valence-electron chi connectivity index (χ1n) is 11.3. The fourth-order valence-electron chi connectivity index (χ4n) is 4.09. The summed E-state index contributed by atoms with van der Waals surface area (Å²) in [4.78, 5) is 42.8. The first kappa shape index (κ1) is 24.1. The number of hydrogen-bond donors (Lipinski definition) is 3. The molecule has 2 aromatic heterocycles. The zero-order valence-corrected chi connectivity index (χ0v) is 18.9. The van der Waals surface area contributed by atoms with Gasteiger partial charge in [-0.1, -0.05) is 39.5 Å². The molecule has 32 heavy (non-hydrogen) atoms. The SMILES string of the molecule is CCCCCn1c(=O)c2c(ncn2C2OC(C(=O)NC)C(O)C2O)n(CCCCC)c1=O. The zero-order chi connectivity index (χ0) is 23.4. The van der Waals surface area contributed by atoms with Gasteiger partial charge in [-0.05, 0) is 12.8 Å². The van der Waals surface area contributed by atoms with Gasteiger partial charge in [0.15, 0.2) is 23.5 Å². The minimum Gasteiger partial charge on any atom is -0.387 e. The van der Waals surface area contributed by atoms with Crippen LogP contribution in [0.3, 0.4) is 0 Å². The largest absolute Gasteiger partial charge is 0.387 e. The number of rotatable bonds is 10. The van der Waals surface area contributed by atoms with E-state index in [0.29, 0.717) is 13.0 Å². The van der Waals surface area contributed by atoms with Crippen LogP contribution >= 0.6 is 0 Å². The second-order valence-electron chi connectivity index (χ2n) is 8.17. The van der Waals surface area contributed by atoms with Crippen molar-refractivity contribution in [2.24, 2.45) is 0 Å². The molecular formula is C21H33N5O6. The Morgan fingerprint density at radius 1 is 1.06 bits per heavy atom. The molecule has 4 atom stereocenters. The van der Waals surface area contributed by atoms with Gasteiger partial charge in [0.1, 0.15) is 12.2 Å². The molecule has 0 aromatic carbocycles. The predicted molar refractivity (Wildman–Crippen MR) is 117 cm³/mol. The minimum absolute atomic E-state index is 0.103. The number of aromatic nitrogens is 4. The first-order valence-corrected chi connectivity index (χ1v) is 11.3. The molecule has 0 aliphatic carbocycles. The molecule has 3 N–H and O–H groups in total. The molecule has 0 bridgehead atoms. The van der Waals surface area contributed by atoms with Gasteiger partial charge in [-0.2, -0.15) is 0 Å². The monoisotopic (exact) mass is 451 g/mol. The highest BCUT2D eigenvalue weighted by molar-refractivity contribution is 5.81. The molecule has 1 fully saturated rings. The van der Waals surface area contributed by atoms with Crippen molar-refractivity contribution in [1.82, 2.24) is 24.0 Å². The van der Waals surface area contributed by atoms with Crippen LogP contribution in [0.2, 0.25) is 0 Å². The predicted octanol–water partition coefficient (Wildman–Crippen LogP) is 0.105. The molecule has 0 radical (unpaired) electrons. The Morgan fingerprint density at radius 2 is 1.69 bits per heavy atom. The molecular weight excluding hydrogens is 418 g/mol. The molecule has 0 saturated carbocycles. The van der Waals surface area contributed by atoms with Crippen molar-refractivity contribution >= 4 is 17.1 Å². The second-order valence-corrected chi connectivity index (χ2v) is 8.17. The van der Waals surface area contributed by atoms with Crippen LogP contribution < -0.4 is 16.6 Å². The van der Waals surface area contributed by atoms with Crippen molar-refractivity contribution in [3.8, 4) is 0 Å². The third-order valence-corrected chi connectivity index (χ3v) is 5.93. The number of likely N-dealkylation sites (N-methyl/N-ethyl adjacent to an activating group) is 1. The van der Waals surface area contributed by atoms with E-state index in [-0.39, 0.29) is 17.7 Å². The minimum atomic E-state index is -1.47. The number of aliphatic hydroxyl groups excluding tert-OH is 2. The van der Waals surface area contributed by atoms with Gasteiger partial charge in [-0.3, -0.25) is 23.3 Å². The molecule has 11 nitrogen and oxygen atoms in total. The maximum atomic E-state index is 13.3. The van der Waals surface area contributed by atoms with E-state index in [4.69, 9.17) is 4.74 Å². The van der Waals surface area contributed by atoms with Crippen molar-refractivity contribution in [3.05, 3.63) is 27.2 Å². The smallest absolute Gasteiger partial charge is 0.332 e. The van der Waals surface area contributed by atoms with Crippen molar-refractivity contribution in [2.45, 2.75) is 90.0 Å². The summed E-state index contributed by atoms with van der Waals surface area (Å²) in [5.74, 6) is -0.586. The third kappa shape index (κ3) is 4.37. The van der Waals surface area contributed by atoms with Crippen LogP contribution in [0.15, 0.2) is 15.9 Å². The number of imidazole rings is 1. The van der Waals surface area contributed by atoms with Crippen molar-refractivity contribution < 1.29 is 19.7 Å². The summed E-state index contributed by atoms with van der Waals surface area (Å²) in [6.07, 6.45) is 1.05. The summed E-state index contributed by atoms with van der Waals surface area (Å²) in [6.45, 7) is 4.78. The number of hydrogen-bond acceptors (Lipinski definition) is 7. The molecule has 1 saturated heterocycles. The van der Waals surface area contributed by atoms with Crippen LogP contribution in [0, 0.1) is 0 Å². The maximum absolute atomic E-state index is 13.3. The second kappa shape index (κ2) is 10.4. The molecule has 3 heterocycles. The van der Waals surface area contributed by atoms with E-state index >= 15 is 0 Å². The van der Waals surface area contributed by atoms with Crippen molar-refractivity contribution in [2.75, 3.05) is 7.05 Å². The Bertz CT molecular complexity index is 1060. The van der Waals surface area contributed by atoms with Gasteiger partial charge in [0.05, 0.1) is 6.33 Å². The number of aryl methyl sites for hydroxylation is 1. The number of amides is 1. The summed E-state index contributed by atoms with van der Waals surface area (Å²) in [7, 11) is 1.40. The summed E-state index contributed by atoms with van der Waals surface area (Å²) in [6, 6.07) is 0. The van der Waals surface area contributed by atoms with E-state index in [2.05, 4.69) is 17.2 Å². The third-order valence-electron chi connectivity index (χ3n) is 5.93. The van der Waals surface area contributed by atoms with E-state index in [9.17, 15) is 24.6 Å². The Morgan fingerprint density at radius 3 is 2.28 bits per heavy atom. The molecule has 4 unspecified atom stereocenters. The van der Waals surface area contributed by atoms with Gasteiger partial charge in [-0.15, -0.1) is 0 Å². The van der Waals surface area contributed by atoms with Gasteiger partial charge in [0.25, 0.3) is 11.5 Å². The number of ether oxygens (including phenoxy) is 1. The normalized spacial score (nSPS) is 23.2. The van der Waals surface area contributed by atoms with Crippen LogP contribution in [-0.2, 0) is 22.6 Å². The van der Waals surface area contributed by atoms with E-state index in [1.165, 1.54) is 27.1 Å². The lowest BCUT2D eigenvalue weighted by Crippen LogP contribution is -2.41. The quantitative estimate of drug-likeness (QED) is 0.435. The van der Waals surface area contributed by atoms with Gasteiger partial charge >= 0.3 is 5.69 Å². The lowest BCUT2D eigenvalue weighted by atomic mass is 10.1. The Kier molecular flexibility index (Phi) is 7.86. The average Bonchev–Trinajstić information content (AvgIpc) is 3.34. The Labute approximate surface area is 185 Å². The van der Waals surface area contributed by atoms with Gasteiger partial charge in [-0.25, -0.2) is 9.78 Å². The van der Waals surface area contributed by atoms with Gasteiger partial charge in [0.2, 0.25) is 0 Å². The van der Waals surface area contributed by atoms with Crippen LogP contribution in [0.5, 0.6) is 0 Å². The maximum Gasteiger partial charge on any atom is 0.332 e. The van der Waals surface area contributed by atoms with E-state index in [0.717, 1.165) is 32.1 Å². The molecule has 0 spiro atoms. The van der Waals surface area contributed by atoms with Crippen LogP contribution in [0.25, 0.3) is 11.2 Å². The molecule has 2 aromatic rings. The molecule has 178 valence electrons. The average molecular weight is 452 g/mol. The standard InChI is InChI=1S/C21H33N5O6/c1-4-6-8-10-24-17-13(19(30)25(21(24)31)11-9-7-5-2)26(12-23-17)20-15(28)14(27)16(32-20)18(29)22-3/h12,14-16,20,27-28H,4-11H2,1-3H3,(H,22,29). The molecule has 1 amide bonds. The topological polar surface area (TPSA) is 141 Å². The highest BCUT2D eigenvalue weighted by Gasteiger charge is 2.47. The lowest BCUT2D eigenvalue weighted by Gasteiger charge is -2.18. The van der Waals surface area contributed by atoms with Crippen molar-refractivity contribution in [3.63, 3.8) is 0 Å². The van der Waals surface area contributed by atoms with Crippen LogP contribution in [0.4, 0.5) is 0 Å². The van der Waals surface area contributed by atoms with E-state index < -0.39 is 41.7 Å². The number of aliphatic hydroxyl groups is 2. The Balaban J connectivity index is 2.12.